The number of nitrogens with zero attached hydrogens (tertiary/aromatic N) is 1. The van der Waals surface area contributed by atoms with E-state index in [1.807, 2.05) is 10.8 Å². The Labute approximate surface area is 104 Å². The summed E-state index contributed by atoms with van der Waals surface area (Å²) in [5.74, 6) is 1.49. The molecule has 1 amide bonds. The highest BCUT2D eigenvalue weighted by Crippen LogP contribution is 2.35. The van der Waals surface area contributed by atoms with Crippen LogP contribution in [-0.2, 0) is 9.53 Å². The molecule has 0 fully saturated rings. The van der Waals surface area contributed by atoms with Crippen LogP contribution in [0, 0.1) is 0 Å². The van der Waals surface area contributed by atoms with Gasteiger partial charge in [-0.3, -0.25) is 4.79 Å². The number of carbonyl (C=O) groups is 1. The Morgan fingerprint density at radius 3 is 3.06 bits per heavy atom. The Hall–Kier alpha value is -1.27. The standard InChI is InChI=1S/C11H15NO4S/c1-12(2)11(13)5-14-3-8-4-15-9-6-17-7-10(9)16-8/h6-8H,3-5H2,1-2H3. The third-order valence-corrected chi connectivity index (χ3v) is 3.04. The van der Waals surface area contributed by atoms with Crippen LogP contribution in [0.4, 0.5) is 0 Å². The molecule has 0 bridgehead atoms. The Morgan fingerprint density at radius 1 is 1.53 bits per heavy atom. The van der Waals surface area contributed by atoms with Crippen molar-refractivity contribution in [3.63, 3.8) is 0 Å². The van der Waals surface area contributed by atoms with Gasteiger partial charge in [0.2, 0.25) is 5.91 Å². The van der Waals surface area contributed by atoms with Gasteiger partial charge in [0.25, 0.3) is 0 Å². The van der Waals surface area contributed by atoms with Crippen molar-refractivity contribution in [2.75, 3.05) is 33.9 Å². The van der Waals surface area contributed by atoms with Gasteiger partial charge in [-0.05, 0) is 0 Å². The van der Waals surface area contributed by atoms with E-state index in [1.165, 1.54) is 16.2 Å². The second kappa shape index (κ2) is 5.37. The average molecular weight is 257 g/mol. The van der Waals surface area contributed by atoms with Crippen molar-refractivity contribution in [2.24, 2.45) is 0 Å². The van der Waals surface area contributed by atoms with Crippen LogP contribution in [0.5, 0.6) is 11.5 Å². The molecule has 1 aliphatic heterocycles. The molecule has 0 saturated carbocycles. The number of ether oxygens (including phenoxy) is 3. The second-order valence-corrected chi connectivity index (χ2v) is 4.70. The quantitative estimate of drug-likeness (QED) is 0.807. The predicted molar refractivity (Wildman–Crippen MR) is 63.7 cm³/mol. The Bertz CT molecular complexity index is 391. The molecular formula is C11H15NO4S. The topological polar surface area (TPSA) is 48.0 Å². The summed E-state index contributed by atoms with van der Waals surface area (Å²) in [6.45, 7) is 0.887. The molecule has 0 spiro atoms. The maximum atomic E-state index is 11.3. The van der Waals surface area contributed by atoms with Crippen molar-refractivity contribution in [3.8, 4) is 11.5 Å². The van der Waals surface area contributed by atoms with E-state index in [-0.39, 0.29) is 18.6 Å². The molecule has 1 aliphatic rings. The lowest BCUT2D eigenvalue weighted by Crippen LogP contribution is -2.35. The van der Waals surface area contributed by atoms with Crippen molar-refractivity contribution in [1.29, 1.82) is 0 Å². The van der Waals surface area contributed by atoms with Crippen LogP contribution in [0.15, 0.2) is 10.8 Å². The van der Waals surface area contributed by atoms with Crippen LogP contribution in [0.1, 0.15) is 0 Å². The lowest BCUT2D eigenvalue weighted by molar-refractivity contribution is -0.134. The molecule has 1 atom stereocenters. The van der Waals surface area contributed by atoms with E-state index in [2.05, 4.69) is 0 Å². The van der Waals surface area contributed by atoms with Crippen LogP contribution < -0.4 is 9.47 Å². The van der Waals surface area contributed by atoms with E-state index >= 15 is 0 Å². The summed E-state index contributed by atoms with van der Waals surface area (Å²) in [5.41, 5.74) is 0. The summed E-state index contributed by atoms with van der Waals surface area (Å²) >= 11 is 1.54. The fraction of sp³-hybridized carbons (Fsp3) is 0.545. The zero-order valence-corrected chi connectivity index (χ0v) is 10.7. The van der Waals surface area contributed by atoms with E-state index in [0.717, 1.165) is 11.5 Å². The number of hydrogen-bond donors (Lipinski definition) is 0. The first-order valence-corrected chi connectivity index (χ1v) is 6.24. The maximum Gasteiger partial charge on any atom is 0.248 e. The van der Waals surface area contributed by atoms with E-state index in [9.17, 15) is 4.79 Å². The number of carbonyl (C=O) groups excluding carboxylic acids is 1. The fourth-order valence-electron chi connectivity index (χ4n) is 1.35. The van der Waals surface area contributed by atoms with Gasteiger partial charge < -0.3 is 19.1 Å². The lowest BCUT2D eigenvalue weighted by atomic mass is 10.3. The van der Waals surface area contributed by atoms with E-state index in [1.54, 1.807) is 14.1 Å². The van der Waals surface area contributed by atoms with Gasteiger partial charge in [-0.25, -0.2) is 0 Å². The molecule has 0 saturated heterocycles. The lowest BCUT2D eigenvalue weighted by Gasteiger charge is -2.24. The van der Waals surface area contributed by atoms with Gasteiger partial charge in [0.15, 0.2) is 17.6 Å². The molecule has 2 rings (SSSR count). The average Bonchev–Trinajstić information content (AvgIpc) is 2.75. The Balaban J connectivity index is 1.73. The largest absolute Gasteiger partial charge is 0.485 e. The summed E-state index contributed by atoms with van der Waals surface area (Å²) < 4.78 is 16.4. The number of likely N-dealkylation sites (N-methyl/N-ethyl adjacent to an activating group) is 1. The molecule has 1 aromatic rings. The number of amides is 1. The van der Waals surface area contributed by atoms with Crippen molar-refractivity contribution >= 4 is 17.2 Å². The van der Waals surface area contributed by atoms with E-state index in [0.29, 0.717) is 13.2 Å². The molecule has 1 unspecified atom stereocenters. The van der Waals surface area contributed by atoms with Crippen LogP contribution in [-0.4, -0.2) is 50.8 Å². The minimum Gasteiger partial charge on any atom is -0.485 e. The van der Waals surface area contributed by atoms with Gasteiger partial charge in [0.1, 0.15) is 13.2 Å². The molecule has 0 aliphatic carbocycles. The first-order chi connectivity index (χ1) is 8.16. The molecule has 5 nitrogen and oxygen atoms in total. The van der Waals surface area contributed by atoms with Gasteiger partial charge >= 0.3 is 0 Å². The first kappa shape index (κ1) is 12.2. The maximum absolute atomic E-state index is 11.3. The zero-order valence-electron chi connectivity index (χ0n) is 9.84. The summed E-state index contributed by atoms with van der Waals surface area (Å²) in [6.07, 6.45) is -0.146. The Kier molecular flexibility index (Phi) is 3.86. The third-order valence-electron chi connectivity index (χ3n) is 2.34. The normalized spacial score (nSPS) is 17.9. The predicted octanol–water partition coefficient (Wildman–Crippen LogP) is 0.993. The highest BCUT2D eigenvalue weighted by Gasteiger charge is 2.22. The zero-order chi connectivity index (χ0) is 12.3. The van der Waals surface area contributed by atoms with Crippen LogP contribution >= 0.6 is 11.3 Å². The molecule has 17 heavy (non-hydrogen) atoms. The second-order valence-electron chi connectivity index (χ2n) is 3.95. The van der Waals surface area contributed by atoms with Gasteiger partial charge in [-0.1, -0.05) is 0 Å². The summed E-state index contributed by atoms with van der Waals surface area (Å²) in [5, 5.41) is 3.80. The van der Waals surface area contributed by atoms with Crippen LogP contribution in [0.3, 0.4) is 0 Å². The van der Waals surface area contributed by atoms with Crippen molar-refractivity contribution in [3.05, 3.63) is 10.8 Å². The van der Waals surface area contributed by atoms with Crippen LogP contribution in [0.2, 0.25) is 0 Å². The minimum atomic E-state index is -0.146. The highest BCUT2D eigenvalue weighted by molar-refractivity contribution is 7.08. The molecular weight excluding hydrogens is 242 g/mol. The molecule has 94 valence electrons. The van der Waals surface area contributed by atoms with Gasteiger partial charge in [-0.2, -0.15) is 0 Å². The van der Waals surface area contributed by atoms with Crippen molar-refractivity contribution in [2.45, 2.75) is 6.10 Å². The van der Waals surface area contributed by atoms with Gasteiger partial charge in [0, 0.05) is 24.9 Å². The Morgan fingerprint density at radius 2 is 2.29 bits per heavy atom. The van der Waals surface area contributed by atoms with Crippen LogP contribution in [0.25, 0.3) is 0 Å². The summed E-state index contributed by atoms with van der Waals surface area (Å²) in [4.78, 5) is 12.8. The molecule has 0 aromatic carbocycles. The third kappa shape index (κ3) is 3.10. The molecule has 0 radical (unpaired) electrons. The van der Waals surface area contributed by atoms with Crippen molar-refractivity contribution in [1.82, 2.24) is 4.90 Å². The number of rotatable bonds is 4. The van der Waals surface area contributed by atoms with Gasteiger partial charge in [0.05, 0.1) is 6.61 Å². The number of thiophene rings is 1. The van der Waals surface area contributed by atoms with Crippen molar-refractivity contribution < 1.29 is 19.0 Å². The number of hydrogen-bond acceptors (Lipinski definition) is 5. The monoisotopic (exact) mass is 257 g/mol. The fourth-order valence-corrected chi connectivity index (χ4v) is 2.02. The number of fused-ring (bicyclic) bond motifs is 1. The highest BCUT2D eigenvalue weighted by atomic mass is 32.1. The molecule has 1 aromatic heterocycles. The summed E-state index contributed by atoms with van der Waals surface area (Å²) in [6, 6.07) is 0. The minimum absolute atomic E-state index is 0.0575. The van der Waals surface area contributed by atoms with E-state index < -0.39 is 0 Å². The smallest absolute Gasteiger partial charge is 0.248 e. The summed E-state index contributed by atoms with van der Waals surface area (Å²) in [7, 11) is 3.40. The first-order valence-electron chi connectivity index (χ1n) is 5.30. The molecule has 2 heterocycles. The SMILES string of the molecule is CN(C)C(=O)COCC1COc2cscc2O1. The molecule has 0 N–H and O–H groups in total. The van der Waals surface area contributed by atoms with Gasteiger partial charge in [-0.15, -0.1) is 11.3 Å². The van der Waals surface area contributed by atoms with E-state index in [4.69, 9.17) is 14.2 Å². The molecule has 6 heteroatoms.